The van der Waals surface area contributed by atoms with Gasteiger partial charge < -0.3 is 9.80 Å². The standard InChI is InChI=1S/C65H77BN2/c1-39-29-56-58-57(30-39)68(54-36-49-45(32-41(54)3)63(12,13)38-64(49,14)15)55-37-48-46(60(6,7)26-28-62(48,10)11)34-51(55)66(58)50-33-43(65(16,17)42-21-19-18-20-22-42)23-24-52(50)67(56)53-35-47-44(31-40(53)2)59(4,5)25-27-61(47,8)9/h18-24,29-37H,25-28,38H2,1-17H3. The second-order valence-corrected chi connectivity index (χ2v) is 26.9. The van der Waals surface area contributed by atoms with Crippen molar-refractivity contribution in [2.75, 3.05) is 9.80 Å². The van der Waals surface area contributed by atoms with Gasteiger partial charge in [0.05, 0.1) is 0 Å². The van der Waals surface area contributed by atoms with E-state index in [4.69, 9.17) is 0 Å². The molecule has 0 saturated heterocycles. The maximum Gasteiger partial charge on any atom is 0.252 e. The zero-order chi connectivity index (χ0) is 48.6. The summed E-state index contributed by atoms with van der Waals surface area (Å²) in [5.74, 6) is 0. The summed E-state index contributed by atoms with van der Waals surface area (Å²) in [6, 6.07) is 39.6. The van der Waals surface area contributed by atoms with Crippen LogP contribution in [-0.2, 0) is 37.9 Å². The highest BCUT2D eigenvalue weighted by molar-refractivity contribution is 7.00. The lowest BCUT2D eigenvalue weighted by Crippen LogP contribution is -2.62. The third-order valence-electron chi connectivity index (χ3n) is 18.7. The first-order valence-electron chi connectivity index (χ1n) is 26.1. The molecule has 6 aromatic carbocycles. The van der Waals surface area contributed by atoms with Gasteiger partial charge in [0.15, 0.2) is 0 Å². The normalized spacial score (nSPS) is 20.5. The Morgan fingerprint density at radius 3 is 1.32 bits per heavy atom. The van der Waals surface area contributed by atoms with Crippen LogP contribution >= 0.6 is 0 Å². The molecule has 2 nitrogen and oxygen atoms in total. The molecule has 0 saturated carbocycles. The average molecular weight is 897 g/mol. The molecular formula is C65H77BN2. The van der Waals surface area contributed by atoms with Crippen LogP contribution in [0.15, 0.2) is 97.1 Å². The van der Waals surface area contributed by atoms with E-state index in [1.807, 2.05) is 0 Å². The fraction of sp³-hybridized carbons (Fsp3) is 0.446. The van der Waals surface area contributed by atoms with Crippen molar-refractivity contribution in [3.05, 3.63) is 158 Å². The van der Waals surface area contributed by atoms with Gasteiger partial charge in [-0.2, -0.15) is 0 Å². The van der Waals surface area contributed by atoms with Crippen LogP contribution in [0.5, 0.6) is 0 Å². The zero-order valence-corrected chi connectivity index (χ0v) is 44.7. The number of rotatable bonds is 4. The molecule has 0 unspecified atom stereocenters. The Balaban J connectivity index is 1.27. The Hall–Kier alpha value is -5.02. The van der Waals surface area contributed by atoms with E-state index in [9.17, 15) is 0 Å². The summed E-state index contributed by atoms with van der Waals surface area (Å²) in [5, 5.41) is 0. The molecule has 350 valence electrons. The first-order valence-corrected chi connectivity index (χ1v) is 26.1. The topological polar surface area (TPSA) is 6.48 Å². The van der Waals surface area contributed by atoms with E-state index in [2.05, 4.69) is 225 Å². The van der Waals surface area contributed by atoms with Gasteiger partial charge in [-0.1, -0.05) is 158 Å². The Bertz CT molecular complexity index is 3120. The molecule has 6 aromatic rings. The minimum absolute atomic E-state index is 0.0363. The highest BCUT2D eigenvalue weighted by Gasteiger charge is 2.49. The van der Waals surface area contributed by atoms with E-state index >= 15 is 0 Å². The van der Waals surface area contributed by atoms with Gasteiger partial charge in [-0.15, -0.1) is 0 Å². The van der Waals surface area contributed by atoms with E-state index < -0.39 is 0 Å². The monoisotopic (exact) mass is 897 g/mol. The molecule has 0 amide bonds. The fourth-order valence-electron chi connectivity index (χ4n) is 14.4. The largest absolute Gasteiger partial charge is 0.311 e. The van der Waals surface area contributed by atoms with Crippen LogP contribution in [0.2, 0.25) is 0 Å². The number of nitrogens with zero attached hydrogens (tertiary/aromatic N) is 2. The van der Waals surface area contributed by atoms with Crippen LogP contribution < -0.4 is 26.2 Å². The zero-order valence-electron chi connectivity index (χ0n) is 44.7. The highest BCUT2D eigenvalue weighted by atomic mass is 15.2. The molecule has 2 heterocycles. The second-order valence-electron chi connectivity index (χ2n) is 26.9. The van der Waals surface area contributed by atoms with Gasteiger partial charge in [0, 0.05) is 39.5 Å². The number of aryl methyl sites for hydroxylation is 3. The van der Waals surface area contributed by atoms with Gasteiger partial charge in [-0.05, 0) is 199 Å². The van der Waals surface area contributed by atoms with Gasteiger partial charge in [-0.3, -0.25) is 0 Å². The van der Waals surface area contributed by atoms with Crippen LogP contribution in [0.4, 0.5) is 34.1 Å². The summed E-state index contributed by atoms with van der Waals surface area (Å²) < 4.78 is 0. The van der Waals surface area contributed by atoms with E-state index in [1.165, 1.54) is 137 Å². The maximum absolute atomic E-state index is 2.75. The van der Waals surface area contributed by atoms with E-state index in [-0.39, 0.29) is 44.6 Å². The highest BCUT2D eigenvalue weighted by Crippen LogP contribution is 2.56. The van der Waals surface area contributed by atoms with Crippen LogP contribution in [0.1, 0.15) is 190 Å². The van der Waals surface area contributed by atoms with Crippen molar-refractivity contribution in [2.45, 2.75) is 188 Å². The maximum atomic E-state index is 2.75. The molecule has 5 aliphatic rings. The van der Waals surface area contributed by atoms with Gasteiger partial charge in [0.25, 0.3) is 6.71 Å². The number of hydrogen-bond donors (Lipinski definition) is 0. The lowest BCUT2D eigenvalue weighted by Gasteiger charge is -2.48. The predicted octanol–water partition coefficient (Wildman–Crippen LogP) is 15.7. The van der Waals surface area contributed by atoms with Crippen molar-refractivity contribution in [3.63, 3.8) is 0 Å². The van der Waals surface area contributed by atoms with Crippen molar-refractivity contribution < 1.29 is 0 Å². The van der Waals surface area contributed by atoms with Crippen molar-refractivity contribution in [1.29, 1.82) is 0 Å². The molecule has 3 heteroatoms. The first kappa shape index (κ1) is 45.4. The van der Waals surface area contributed by atoms with Crippen LogP contribution in [0.25, 0.3) is 0 Å². The van der Waals surface area contributed by atoms with Crippen LogP contribution in [0, 0.1) is 20.8 Å². The fourth-order valence-corrected chi connectivity index (χ4v) is 14.4. The third kappa shape index (κ3) is 6.48. The molecule has 0 radical (unpaired) electrons. The lowest BCUT2D eigenvalue weighted by atomic mass is 9.33. The number of hydrogen-bond acceptors (Lipinski definition) is 2. The van der Waals surface area contributed by atoms with Crippen LogP contribution in [0.3, 0.4) is 0 Å². The van der Waals surface area contributed by atoms with Gasteiger partial charge in [-0.25, -0.2) is 0 Å². The van der Waals surface area contributed by atoms with Crippen molar-refractivity contribution in [1.82, 2.24) is 0 Å². The Labute approximate surface area is 411 Å². The molecule has 0 bridgehead atoms. The smallest absolute Gasteiger partial charge is 0.252 e. The second kappa shape index (κ2) is 14.3. The Morgan fingerprint density at radius 1 is 0.397 bits per heavy atom. The summed E-state index contributed by atoms with van der Waals surface area (Å²) in [6.07, 6.45) is 5.90. The minimum atomic E-state index is -0.206. The Kier molecular flexibility index (Phi) is 9.55. The van der Waals surface area contributed by atoms with E-state index in [0.29, 0.717) is 0 Å². The molecule has 0 spiro atoms. The third-order valence-corrected chi connectivity index (χ3v) is 18.7. The molecule has 68 heavy (non-hydrogen) atoms. The molecule has 0 atom stereocenters. The summed E-state index contributed by atoms with van der Waals surface area (Å²) >= 11 is 0. The van der Waals surface area contributed by atoms with Crippen molar-refractivity contribution in [2.24, 2.45) is 0 Å². The quantitative estimate of drug-likeness (QED) is 0.162. The summed E-state index contributed by atoms with van der Waals surface area (Å²) in [4.78, 5) is 5.46. The minimum Gasteiger partial charge on any atom is -0.311 e. The molecule has 3 aliphatic carbocycles. The first-order chi connectivity index (χ1) is 31.6. The van der Waals surface area contributed by atoms with Crippen LogP contribution in [-0.4, -0.2) is 6.71 Å². The van der Waals surface area contributed by atoms with Gasteiger partial charge in [0.2, 0.25) is 0 Å². The number of fused-ring (bicyclic) bond motifs is 7. The molecule has 0 aromatic heterocycles. The summed E-state index contributed by atoms with van der Waals surface area (Å²) in [6.45, 7) is 41.7. The molecule has 2 aliphatic heterocycles. The number of anilines is 6. The van der Waals surface area contributed by atoms with E-state index in [1.54, 1.807) is 0 Å². The van der Waals surface area contributed by atoms with Crippen molar-refractivity contribution in [3.8, 4) is 0 Å². The summed E-state index contributed by atoms with van der Waals surface area (Å²) in [7, 11) is 0. The lowest BCUT2D eigenvalue weighted by molar-refractivity contribution is 0.332. The molecule has 11 rings (SSSR count). The number of benzene rings is 6. The van der Waals surface area contributed by atoms with Gasteiger partial charge >= 0.3 is 0 Å². The molecular weight excluding hydrogens is 820 g/mol. The molecule has 0 N–H and O–H groups in total. The molecule has 0 fully saturated rings. The van der Waals surface area contributed by atoms with Crippen molar-refractivity contribution >= 4 is 57.2 Å². The average Bonchev–Trinajstić information content (AvgIpc) is 3.44. The SMILES string of the molecule is Cc1cc2c3c(c1)N(c1cc4c(cc1C)C(C)(C)CC4(C)C)c1cc4c(cc1B3c1cc(C(C)(C)c3ccccc3)ccc1N2c1cc2c(cc1C)C(C)(C)CCC2(C)C)C(C)(C)CCC4(C)C. The van der Waals surface area contributed by atoms with Gasteiger partial charge in [0.1, 0.15) is 0 Å². The van der Waals surface area contributed by atoms with E-state index in [0.717, 1.165) is 6.42 Å². The Morgan fingerprint density at radius 2 is 0.809 bits per heavy atom. The predicted molar refractivity (Wildman–Crippen MR) is 294 cm³/mol. The summed E-state index contributed by atoms with van der Waals surface area (Å²) in [5.41, 5.74) is 28.2.